The first-order chi connectivity index (χ1) is 6.69. The number of alkyl halides is 1. The van der Waals surface area contributed by atoms with E-state index in [1.54, 1.807) is 11.9 Å². The number of hydrogen-bond acceptors (Lipinski definition) is 2. The van der Waals surface area contributed by atoms with Gasteiger partial charge in [0, 0.05) is 18.4 Å². The summed E-state index contributed by atoms with van der Waals surface area (Å²) in [5.41, 5.74) is -0.428. The van der Waals surface area contributed by atoms with E-state index in [0.717, 1.165) is 5.33 Å². The quantitative estimate of drug-likeness (QED) is 0.742. The van der Waals surface area contributed by atoms with Gasteiger partial charge in [-0.3, -0.25) is 0 Å². The van der Waals surface area contributed by atoms with Crippen molar-refractivity contribution in [1.29, 1.82) is 0 Å². The molecule has 0 heterocycles. The monoisotopic (exact) mass is 279 g/mol. The van der Waals surface area contributed by atoms with Crippen molar-refractivity contribution in [3.63, 3.8) is 0 Å². The van der Waals surface area contributed by atoms with Crippen LogP contribution < -0.4 is 0 Å². The summed E-state index contributed by atoms with van der Waals surface area (Å²) in [6, 6.07) is 0.166. The molecule has 0 aromatic carbocycles. The van der Waals surface area contributed by atoms with Gasteiger partial charge in [-0.2, -0.15) is 0 Å². The zero-order valence-electron chi connectivity index (χ0n) is 10.5. The molecule has 1 amide bonds. The second-order valence-electron chi connectivity index (χ2n) is 4.96. The minimum absolute atomic E-state index is 0.166. The largest absolute Gasteiger partial charge is 0.444 e. The number of carbonyl (C=O) groups is 1. The minimum atomic E-state index is -0.428. The highest BCUT2D eigenvalue weighted by Gasteiger charge is 2.25. The number of rotatable bonds is 3. The van der Waals surface area contributed by atoms with E-state index in [-0.39, 0.29) is 12.1 Å². The van der Waals surface area contributed by atoms with Crippen molar-refractivity contribution in [3.05, 3.63) is 0 Å². The molecule has 3 nitrogen and oxygen atoms in total. The third kappa shape index (κ3) is 5.40. The molecule has 2 atom stereocenters. The zero-order valence-corrected chi connectivity index (χ0v) is 12.1. The Morgan fingerprint density at radius 1 is 1.40 bits per heavy atom. The van der Waals surface area contributed by atoms with Gasteiger partial charge in [0.1, 0.15) is 5.60 Å². The summed E-state index contributed by atoms with van der Waals surface area (Å²) >= 11 is 3.42. The smallest absolute Gasteiger partial charge is 0.410 e. The first-order valence-electron chi connectivity index (χ1n) is 5.20. The zero-order chi connectivity index (χ0) is 12.2. The van der Waals surface area contributed by atoms with Gasteiger partial charge in [0.2, 0.25) is 0 Å². The first kappa shape index (κ1) is 14.8. The van der Waals surface area contributed by atoms with E-state index >= 15 is 0 Å². The predicted molar refractivity (Wildman–Crippen MR) is 66.4 cm³/mol. The number of nitrogens with zero attached hydrogens (tertiary/aromatic N) is 1. The molecule has 0 spiro atoms. The lowest BCUT2D eigenvalue weighted by molar-refractivity contribution is 0.0200. The van der Waals surface area contributed by atoms with E-state index in [1.807, 2.05) is 27.7 Å². The van der Waals surface area contributed by atoms with Crippen molar-refractivity contribution in [2.75, 3.05) is 12.4 Å². The second kappa shape index (κ2) is 5.73. The van der Waals surface area contributed by atoms with Crippen LogP contribution >= 0.6 is 15.9 Å². The summed E-state index contributed by atoms with van der Waals surface area (Å²) in [5, 5.41) is 0.876. The van der Waals surface area contributed by atoms with Crippen molar-refractivity contribution in [1.82, 2.24) is 4.90 Å². The molecule has 90 valence electrons. The molecule has 0 radical (unpaired) electrons. The lowest BCUT2D eigenvalue weighted by Gasteiger charge is -2.31. The van der Waals surface area contributed by atoms with Crippen LogP contribution in [0.1, 0.15) is 34.6 Å². The van der Waals surface area contributed by atoms with Crippen LogP contribution in [-0.4, -0.2) is 35.0 Å². The second-order valence-corrected chi connectivity index (χ2v) is 5.61. The molecule has 0 saturated heterocycles. The number of halogens is 1. The minimum Gasteiger partial charge on any atom is -0.444 e. The topological polar surface area (TPSA) is 29.5 Å². The van der Waals surface area contributed by atoms with Crippen LogP contribution in [0.3, 0.4) is 0 Å². The van der Waals surface area contributed by atoms with Gasteiger partial charge in [-0.05, 0) is 33.6 Å². The van der Waals surface area contributed by atoms with Crippen LogP contribution in [0.5, 0.6) is 0 Å². The number of hydrogen-bond donors (Lipinski definition) is 0. The summed E-state index contributed by atoms with van der Waals surface area (Å²) in [7, 11) is 1.78. The molecule has 0 aliphatic carbocycles. The van der Waals surface area contributed by atoms with Crippen LogP contribution in [0.15, 0.2) is 0 Å². The molecule has 0 saturated carbocycles. The van der Waals surface area contributed by atoms with Crippen molar-refractivity contribution in [3.8, 4) is 0 Å². The molecule has 0 aliphatic rings. The number of ether oxygens (including phenoxy) is 1. The average molecular weight is 280 g/mol. The Labute approximate surface area is 101 Å². The third-order valence-corrected chi connectivity index (χ3v) is 3.38. The Kier molecular flexibility index (Phi) is 5.63. The Morgan fingerprint density at radius 2 is 1.87 bits per heavy atom. The van der Waals surface area contributed by atoms with Gasteiger partial charge < -0.3 is 9.64 Å². The summed E-state index contributed by atoms with van der Waals surface area (Å²) in [4.78, 5) is 13.4. The fourth-order valence-electron chi connectivity index (χ4n) is 1.01. The SMILES string of the molecule is CC(CBr)C(C)N(C)C(=O)OC(C)(C)C. The molecule has 0 aliphatic heterocycles. The molecule has 0 N–H and O–H groups in total. The van der Waals surface area contributed by atoms with E-state index in [9.17, 15) is 4.79 Å². The van der Waals surface area contributed by atoms with Gasteiger partial charge in [0.05, 0.1) is 0 Å². The lowest BCUT2D eigenvalue weighted by Crippen LogP contribution is -2.42. The predicted octanol–water partition coefficient (Wildman–Crippen LogP) is 3.27. The highest BCUT2D eigenvalue weighted by Crippen LogP contribution is 2.15. The molecular formula is C11H22BrNO2. The molecule has 0 rings (SSSR count). The molecule has 15 heavy (non-hydrogen) atoms. The number of amides is 1. The van der Waals surface area contributed by atoms with E-state index < -0.39 is 5.60 Å². The van der Waals surface area contributed by atoms with Gasteiger partial charge in [0.15, 0.2) is 0 Å². The van der Waals surface area contributed by atoms with Crippen molar-refractivity contribution in [2.45, 2.75) is 46.3 Å². The fourth-order valence-corrected chi connectivity index (χ4v) is 1.55. The third-order valence-electron chi connectivity index (χ3n) is 2.36. The molecule has 0 fully saturated rings. The summed E-state index contributed by atoms with van der Waals surface area (Å²) in [5.74, 6) is 0.405. The Hall–Kier alpha value is -0.250. The summed E-state index contributed by atoms with van der Waals surface area (Å²) < 4.78 is 5.29. The average Bonchev–Trinajstić information content (AvgIpc) is 2.11. The standard InChI is InChI=1S/C11H22BrNO2/c1-8(7-12)9(2)13(6)10(14)15-11(3,4)5/h8-9H,7H2,1-6H3. The maximum absolute atomic E-state index is 11.7. The van der Waals surface area contributed by atoms with Crippen LogP contribution in [0.25, 0.3) is 0 Å². The van der Waals surface area contributed by atoms with E-state index in [4.69, 9.17) is 4.74 Å². The van der Waals surface area contributed by atoms with Crippen molar-refractivity contribution < 1.29 is 9.53 Å². The van der Waals surface area contributed by atoms with Crippen LogP contribution in [0.4, 0.5) is 4.79 Å². The molecule has 0 aromatic rings. The Balaban J connectivity index is 4.32. The van der Waals surface area contributed by atoms with Crippen molar-refractivity contribution >= 4 is 22.0 Å². The van der Waals surface area contributed by atoms with E-state index in [2.05, 4.69) is 22.9 Å². The van der Waals surface area contributed by atoms with Gasteiger partial charge in [-0.25, -0.2) is 4.79 Å². The Morgan fingerprint density at radius 3 is 2.20 bits per heavy atom. The molecular weight excluding hydrogens is 258 g/mol. The summed E-state index contributed by atoms with van der Waals surface area (Å²) in [6.07, 6.45) is -0.261. The molecule has 4 heteroatoms. The maximum Gasteiger partial charge on any atom is 0.410 e. The van der Waals surface area contributed by atoms with Gasteiger partial charge in [-0.1, -0.05) is 22.9 Å². The molecule has 0 bridgehead atoms. The molecule has 0 aromatic heterocycles. The van der Waals surface area contributed by atoms with Gasteiger partial charge in [-0.15, -0.1) is 0 Å². The van der Waals surface area contributed by atoms with Crippen LogP contribution in [0, 0.1) is 5.92 Å². The number of carbonyl (C=O) groups excluding carboxylic acids is 1. The van der Waals surface area contributed by atoms with E-state index in [1.165, 1.54) is 0 Å². The van der Waals surface area contributed by atoms with Gasteiger partial charge in [0.25, 0.3) is 0 Å². The van der Waals surface area contributed by atoms with Crippen LogP contribution in [0.2, 0.25) is 0 Å². The maximum atomic E-state index is 11.7. The summed E-state index contributed by atoms with van der Waals surface area (Å²) in [6.45, 7) is 9.74. The molecule has 2 unspecified atom stereocenters. The Bertz CT molecular complexity index is 213. The van der Waals surface area contributed by atoms with Crippen LogP contribution in [-0.2, 0) is 4.74 Å². The fraction of sp³-hybridized carbons (Fsp3) is 0.909. The van der Waals surface area contributed by atoms with E-state index in [0.29, 0.717) is 5.92 Å². The lowest BCUT2D eigenvalue weighted by atomic mass is 10.1. The van der Waals surface area contributed by atoms with Crippen molar-refractivity contribution in [2.24, 2.45) is 5.92 Å². The highest BCUT2D eigenvalue weighted by molar-refractivity contribution is 9.09. The van der Waals surface area contributed by atoms with Gasteiger partial charge >= 0.3 is 6.09 Å². The first-order valence-corrected chi connectivity index (χ1v) is 6.33. The normalized spacial score (nSPS) is 15.7. The highest BCUT2D eigenvalue weighted by atomic mass is 79.9.